The Balaban J connectivity index is 1.58. The average molecular weight is 437 g/mol. The molecule has 0 saturated carbocycles. The van der Waals surface area contributed by atoms with E-state index >= 15 is 0 Å². The number of sulfonamides is 1. The summed E-state index contributed by atoms with van der Waals surface area (Å²) in [6, 6.07) is 19.3. The van der Waals surface area contributed by atoms with Crippen molar-refractivity contribution in [1.29, 1.82) is 0 Å². The van der Waals surface area contributed by atoms with Crippen molar-refractivity contribution in [2.24, 2.45) is 0 Å². The fourth-order valence-corrected chi connectivity index (χ4v) is 4.83. The number of fused-ring (bicyclic) bond motifs is 1. The molecule has 8 nitrogen and oxygen atoms in total. The molecular formula is C22H19N3O5S. The lowest BCUT2D eigenvalue weighted by molar-refractivity contribution is -0.387. The van der Waals surface area contributed by atoms with E-state index in [2.05, 4.69) is 4.72 Å². The molecule has 1 N–H and O–H groups in total. The molecule has 0 spiro atoms. The van der Waals surface area contributed by atoms with Crippen molar-refractivity contribution in [3.8, 4) is 0 Å². The van der Waals surface area contributed by atoms with Crippen LogP contribution in [0, 0.1) is 10.1 Å². The number of rotatable bonds is 5. The second-order valence-electron chi connectivity index (χ2n) is 7.16. The Morgan fingerprint density at radius 1 is 0.968 bits per heavy atom. The summed E-state index contributed by atoms with van der Waals surface area (Å²) in [5.74, 6) is -0.0860. The molecule has 158 valence electrons. The zero-order valence-electron chi connectivity index (χ0n) is 16.4. The highest BCUT2D eigenvalue weighted by Gasteiger charge is 2.26. The number of nitro groups is 1. The molecule has 0 aliphatic carbocycles. The van der Waals surface area contributed by atoms with Crippen LogP contribution >= 0.6 is 0 Å². The molecule has 4 rings (SSSR count). The van der Waals surface area contributed by atoms with Crippen LogP contribution in [0.5, 0.6) is 0 Å². The highest BCUT2D eigenvalue weighted by atomic mass is 32.2. The summed E-state index contributed by atoms with van der Waals surface area (Å²) < 4.78 is 28.0. The first-order chi connectivity index (χ1) is 14.8. The van der Waals surface area contributed by atoms with Gasteiger partial charge in [0, 0.05) is 30.4 Å². The molecule has 0 aromatic heterocycles. The summed E-state index contributed by atoms with van der Waals surface area (Å²) in [5, 5.41) is 11.2. The maximum Gasteiger partial charge on any atom is 0.289 e. The number of carbonyl (C=O) groups excluding carboxylic acids is 1. The van der Waals surface area contributed by atoms with E-state index in [1.54, 1.807) is 41.3 Å². The van der Waals surface area contributed by atoms with Gasteiger partial charge in [0.15, 0.2) is 4.90 Å². The van der Waals surface area contributed by atoms with Gasteiger partial charge in [-0.15, -0.1) is 0 Å². The number of nitrogens with zero attached hydrogens (tertiary/aromatic N) is 2. The van der Waals surface area contributed by atoms with Crippen molar-refractivity contribution in [2.75, 3.05) is 11.3 Å². The highest BCUT2D eigenvalue weighted by molar-refractivity contribution is 7.92. The van der Waals surface area contributed by atoms with Crippen LogP contribution in [0.2, 0.25) is 0 Å². The Bertz CT molecular complexity index is 1260. The van der Waals surface area contributed by atoms with Crippen LogP contribution in [0.25, 0.3) is 0 Å². The predicted molar refractivity (Wildman–Crippen MR) is 115 cm³/mol. The van der Waals surface area contributed by atoms with Gasteiger partial charge in [0.25, 0.3) is 21.6 Å². The van der Waals surface area contributed by atoms with Crippen molar-refractivity contribution in [3.63, 3.8) is 0 Å². The fourth-order valence-electron chi connectivity index (χ4n) is 3.60. The minimum atomic E-state index is -4.16. The summed E-state index contributed by atoms with van der Waals surface area (Å²) in [5.41, 5.74) is 2.25. The van der Waals surface area contributed by atoms with E-state index in [0.29, 0.717) is 25.1 Å². The molecule has 1 aliphatic rings. The SMILES string of the molecule is O=C(c1ccccc1)N1CCc2ccc(NS(=O)(=O)c3ccccc3[N+](=O)[O-])cc2C1. The van der Waals surface area contributed by atoms with E-state index in [9.17, 15) is 23.3 Å². The standard InChI is InChI=1S/C22H19N3O5S/c26-22(17-6-2-1-3-7-17)24-13-12-16-10-11-19(14-18(16)15-24)23-31(29,30)21-9-5-4-8-20(21)25(27)28/h1-11,14,23H,12-13,15H2. The van der Waals surface area contributed by atoms with Crippen LogP contribution in [0.15, 0.2) is 77.7 Å². The molecule has 0 bridgehead atoms. The number of benzene rings is 3. The van der Waals surface area contributed by atoms with Crippen LogP contribution in [0.4, 0.5) is 11.4 Å². The second-order valence-corrected chi connectivity index (χ2v) is 8.81. The van der Waals surface area contributed by atoms with Crippen LogP contribution in [0.1, 0.15) is 21.5 Å². The molecule has 1 amide bonds. The summed E-state index contributed by atoms with van der Waals surface area (Å²) >= 11 is 0. The number of nitrogens with one attached hydrogen (secondary N) is 1. The van der Waals surface area contributed by atoms with E-state index in [-0.39, 0.29) is 11.6 Å². The zero-order valence-corrected chi connectivity index (χ0v) is 17.2. The lowest BCUT2D eigenvalue weighted by Gasteiger charge is -2.29. The Morgan fingerprint density at radius 2 is 1.68 bits per heavy atom. The van der Waals surface area contributed by atoms with Crippen molar-refractivity contribution in [3.05, 3.63) is 99.6 Å². The first-order valence-corrected chi connectivity index (χ1v) is 11.1. The molecule has 0 unspecified atom stereocenters. The van der Waals surface area contributed by atoms with Crippen LogP contribution in [0.3, 0.4) is 0 Å². The molecule has 0 saturated heterocycles. The van der Waals surface area contributed by atoms with Gasteiger partial charge in [-0.05, 0) is 47.9 Å². The summed E-state index contributed by atoms with van der Waals surface area (Å²) in [7, 11) is -4.16. The molecule has 1 aliphatic heterocycles. The minimum Gasteiger partial charge on any atom is -0.334 e. The van der Waals surface area contributed by atoms with E-state index in [0.717, 1.165) is 17.2 Å². The van der Waals surface area contributed by atoms with Gasteiger partial charge in [-0.1, -0.05) is 36.4 Å². The van der Waals surface area contributed by atoms with E-state index in [1.807, 2.05) is 12.1 Å². The molecule has 1 heterocycles. The third-order valence-corrected chi connectivity index (χ3v) is 6.56. The Hall–Kier alpha value is -3.72. The van der Waals surface area contributed by atoms with E-state index in [4.69, 9.17) is 0 Å². The first-order valence-electron chi connectivity index (χ1n) is 9.57. The Morgan fingerprint density at radius 3 is 2.42 bits per heavy atom. The molecule has 0 atom stereocenters. The Labute approximate surface area is 179 Å². The van der Waals surface area contributed by atoms with Gasteiger partial charge in [-0.3, -0.25) is 19.6 Å². The first kappa shape index (κ1) is 20.5. The van der Waals surface area contributed by atoms with Gasteiger partial charge in [0.2, 0.25) is 0 Å². The largest absolute Gasteiger partial charge is 0.334 e. The number of para-hydroxylation sites is 1. The molecular weight excluding hydrogens is 418 g/mol. The van der Waals surface area contributed by atoms with Gasteiger partial charge in [0.1, 0.15) is 0 Å². The smallest absolute Gasteiger partial charge is 0.289 e. The number of carbonyl (C=O) groups is 1. The average Bonchev–Trinajstić information content (AvgIpc) is 2.78. The van der Waals surface area contributed by atoms with Gasteiger partial charge in [-0.25, -0.2) is 8.42 Å². The molecule has 3 aromatic rings. The maximum absolute atomic E-state index is 12.8. The summed E-state index contributed by atoms with van der Waals surface area (Å²) in [6.07, 6.45) is 0.658. The highest BCUT2D eigenvalue weighted by Crippen LogP contribution is 2.28. The molecule has 9 heteroatoms. The summed E-state index contributed by atoms with van der Waals surface area (Å²) in [4.78, 5) is 24.6. The van der Waals surface area contributed by atoms with Crippen molar-refractivity contribution >= 4 is 27.3 Å². The van der Waals surface area contributed by atoms with Crippen LogP contribution < -0.4 is 4.72 Å². The molecule has 0 fully saturated rings. The fraction of sp³-hybridized carbons (Fsp3) is 0.136. The van der Waals surface area contributed by atoms with Gasteiger partial charge < -0.3 is 4.90 Å². The quantitative estimate of drug-likeness (QED) is 0.485. The molecule has 3 aromatic carbocycles. The van der Waals surface area contributed by atoms with Crippen LogP contribution in [-0.2, 0) is 23.0 Å². The van der Waals surface area contributed by atoms with Gasteiger partial charge in [-0.2, -0.15) is 0 Å². The van der Waals surface area contributed by atoms with Crippen molar-refractivity contribution in [1.82, 2.24) is 4.90 Å². The predicted octanol–water partition coefficient (Wildman–Crippen LogP) is 3.59. The van der Waals surface area contributed by atoms with Gasteiger partial charge >= 0.3 is 0 Å². The minimum absolute atomic E-state index is 0.0860. The molecule has 0 radical (unpaired) electrons. The zero-order chi connectivity index (χ0) is 22.0. The normalized spacial score (nSPS) is 13.4. The van der Waals surface area contributed by atoms with Crippen molar-refractivity contribution in [2.45, 2.75) is 17.9 Å². The van der Waals surface area contributed by atoms with E-state index in [1.165, 1.54) is 18.2 Å². The maximum atomic E-state index is 12.8. The summed E-state index contributed by atoms with van der Waals surface area (Å²) in [6.45, 7) is 0.923. The number of hydrogen-bond acceptors (Lipinski definition) is 5. The van der Waals surface area contributed by atoms with Gasteiger partial charge in [0.05, 0.1) is 4.92 Å². The third kappa shape index (κ3) is 4.26. The number of anilines is 1. The monoisotopic (exact) mass is 437 g/mol. The molecule has 31 heavy (non-hydrogen) atoms. The topological polar surface area (TPSA) is 110 Å². The lowest BCUT2D eigenvalue weighted by Crippen LogP contribution is -2.36. The van der Waals surface area contributed by atoms with E-state index < -0.39 is 25.5 Å². The number of hydrogen-bond donors (Lipinski definition) is 1. The third-order valence-electron chi connectivity index (χ3n) is 5.13. The second kappa shape index (κ2) is 8.19. The van der Waals surface area contributed by atoms with Crippen molar-refractivity contribution < 1.29 is 18.1 Å². The number of amides is 1. The lowest BCUT2D eigenvalue weighted by atomic mass is 9.98. The number of nitro benzene ring substituents is 1. The van der Waals surface area contributed by atoms with Crippen LogP contribution in [-0.4, -0.2) is 30.7 Å². The Kier molecular flexibility index (Phi) is 5.43.